The second kappa shape index (κ2) is 7.10. The molecule has 0 saturated carbocycles. The first-order valence-electron chi connectivity index (χ1n) is 6.01. The molecule has 1 aromatic rings. The van der Waals surface area contributed by atoms with Crippen molar-refractivity contribution in [2.45, 2.75) is 46.2 Å². The van der Waals surface area contributed by atoms with E-state index in [1.807, 2.05) is 29.5 Å². The van der Waals surface area contributed by atoms with Gasteiger partial charge in [0.1, 0.15) is 5.82 Å². The summed E-state index contributed by atoms with van der Waals surface area (Å²) in [6, 6.07) is 0.506. The van der Waals surface area contributed by atoms with E-state index in [9.17, 15) is 4.79 Å². The van der Waals surface area contributed by atoms with Crippen LogP contribution in [-0.2, 0) is 6.54 Å². The second-order valence-corrected chi connectivity index (χ2v) is 5.42. The Morgan fingerprint density at radius 2 is 2.29 bits per heavy atom. The molecule has 0 aromatic carbocycles. The van der Waals surface area contributed by atoms with Crippen LogP contribution in [0.25, 0.3) is 0 Å². The van der Waals surface area contributed by atoms with Gasteiger partial charge in [-0.05, 0) is 42.9 Å². The number of nitrogens with one attached hydrogen (secondary N) is 1. The standard InChI is InChI=1S/C12H20IN3O/c1-4-5-9(2)14-6-7-16-10(3)15-8-11(13)12(16)17/h8-9,14H,4-7H2,1-3H3. The molecule has 0 spiro atoms. The van der Waals surface area contributed by atoms with E-state index in [0.717, 1.165) is 12.4 Å². The van der Waals surface area contributed by atoms with Crippen LogP contribution in [0.3, 0.4) is 0 Å². The van der Waals surface area contributed by atoms with Gasteiger partial charge >= 0.3 is 0 Å². The Hall–Kier alpha value is -0.430. The lowest BCUT2D eigenvalue weighted by molar-refractivity contribution is 0.476. The van der Waals surface area contributed by atoms with Crippen LogP contribution in [0.1, 0.15) is 32.5 Å². The van der Waals surface area contributed by atoms with Gasteiger partial charge in [-0.2, -0.15) is 0 Å². The fourth-order valence-electron chi connectivity index (χ4n) is 1.77. The third-order valence-corrected chi connectivity index (χ3v) is 3.49. The number of rotatable bonds is 6. The molecule has 0 saturated heterocycles. The average Bonchev–Trinajstić information content (AvgIpc) is 2.29. The van der Waals surface area contributed by atoms with E-state index in [1.54, 1.807) is 10.8 Å². The van der Waals surface area contributed by atoms with E-state index >= 15 is 0 Å². The quantitative estimate of drug-likeness (QED) is 0.799. The molecule has 0 bridgehead atoms. The van der Waals surface area contributed by atoms with Gasteiger partial charge in [0.15, 0.2) is 0 Å². The molecule has 0 fully saturated rings. The first kappa shape index (κ1) is 14.6. The van der Waals surface area contributed by atoms with Crippen molar-refractivity contribution in [2.75, 3.05) is 6.54 Å². The molecular weight excluding hydrogens is 329 g/mol. The molecule has 0 aliphatic carbocycles. The number of nitrogens with zero attached hydrogens (tertiary/aromatic N) is 2. The van der Waals surface area contributed by atoms with Crippen LogP contribution in [0.2, 0.25) is 0 Å². The summed E-state index contributed by atoms with van der Waals surface area (Å²) in [5.41, 5.74) is 0.0584. The second-order valence-electron chi connectivity index (χ2n) is 4.25. The number of hydrogen-bond acceptors (Lipinski definition) is 3. The summed E-state index contributed by atoms with van der Waals surface area (Å²) < 4.78 is 2.41. The molecule has 1 rings (SSSR count). The molecular formula is C12H20IN3O. The van der Waals surface area contributed by atoms with Crippen molar-refractivity contribution < 1.29 is 0 Å². The van der Waals surface area contributed by atoms with Crippen LogP contribution >= 0.6 is 22.6 Å². The zero-order valence-corrected chi connectivity index (χ0v) is 12.8. The van der Waals surface area contributed by atoms with Crippen molar-refractivity contribution in [1.82, 2.24) is 14.9 Å². The monoisotopic (exact) mass is 349 g/mol. The summed E-state index contributed by atoms with van der Waals surface area (Å²) >= 11 is 2.03. The van der Waals surface area contributed by atoms with Crippen molar-refractivity contribution in [3.63, 3.8) is 0 Å². The summed E-state index contributed by atoms with van der Waals surface area (Å²) in [5, 5.41) is 3.42. The van der Waals surface area contributed by atoms with Crippen molar-refractivity contribution in [2.24, 2.45) is 0 Å². The summed E-state index contributed by atoms with van der Waals surface area (Å²) in [4.78, 5) is 16.1. The normalized spacial score (nSPS) is 12.7. The van der Waals surface area contributed by atoms with Crippen LogP contribution < -0.4 is 10.9 Å². The first-order chi connectivity index (χ1) is 8.06. The maximum Gasteiger partial charge on any atom is 0.266 e. The smallest absolute Gasteiger partial charge is 0.266 e. The summed E-state index contributed by atoms with van der Waals surface area (Å²) in [7, 11) is 0. The Morgan fingerprint density at radius 1 is 1.59 bits per heavy atom. The predicted octanol–water partition coefficient (Wildman–Crippen LogP) is 1.93. The largest absolute Gasteiger partial charge is 0.312 e. The molecule has 1 unspecified atom stereocenters. The van der Waals surface area contributed by atoms with Gasteiger partial charge in [0, 0.05) is 25.3 Å². The Kier molecular flexibility index (Phi) is 6.11. The zero-order valence-electron chi connectivity index (χ0n) is 10.7. The highest BCUT2D eigenvalue weighted by atomic mass is 127. The van der Waals surface area contributed by atoms with Crippen LogP contribution in [0.4, 0.5) is 0 Å². The molecule has 4 nitrogen and oxygen atoms in total. The maximum atomic E-state index is 11.9. The molecule has 0 aliphatic rings. The van der Waals surface area contributed by atoms with Crippen LogP contribution in [-0.4, -0.2) is 22.1 Å². The lowest BCUT2D eigenvalue weighted by atomic mass is 10.2. The van der Waals surface area contributed by atoms with Crippen molar-refractivity contribution in [3.8, 4) is 0 Å². The van der Waals surface area contributed by atoms with Gasteiger partial charge < -0.3 is 5.32 Å². The van der Waals surface area contributed by atoms with E-state index in [1.165, 1.54) is 12.8 Å². The van der Waals surface area contributed by atoms with Crippen molar-refractivity contribution in [3.05, 3.63) is 25.9 Å². The van der Waals surface area contributed by atoms with Gasteiger partial charge in [-0.15, -0.1) is 0 Å². The molecule has 1 N–H and O–H groups in total. The Morgan fingerprint density at radius 3 is 2.94 bits per heavy atom. The van der Waals surface area contributed by atoms with E-state index in [2.05, 4.69) is 24.1 Å². The van der Waals surface area contributed by atoms with Gasteiger partial charge in [-0.1, -0.05) is 13.3 Å². The van der Waals surface area contributed by atoms with E-state index in [4.69, 9.17) is 0 Å². The SMILES string of the molecule is CCCC(C)NCCn1c(C)ncc(I)c1=O. The lowest BCUT2D eigenvalue weighted by Gasteiger charge is -2.14. The Balaban J connectivity index is 2.58. The summed E-state index contributed by atoms with van der Waals surface area (Å²) in [5.74, 6) is 0.778. The molecule has 1 aromatic heterocycles. The molecule has 0 radical (unpaired) electrons. The van der Waals surface area contributed by atoms with Gasteiger partial charge in [-0.25, -0.2) is 4.98 Å². The third kappa shape index (κ3) is 4.39. The molecule has 1 atom stereocenters. The van der Waals surface area contributed by atoms with Crippen molar-refractivity contribution >= 4 is 22.6 Å². The Bertz CT molecular complexity index is 417. The maximum absolute atomic E-state index is 11.9. The highest BCUT2D eigenvalue weighted by Gasteiger charge is 2.05. The fourth-order valence-corrected chi connectivity index (χ4v) is 2.20. The topological polar surface area (TPSA) is 46.9 Å². The molecule has 1 heterocycles. The lowest BCUT2D eigenvalue weighted by Crippen LogP contribution is -2.34. The van der Waals surface area contributed by atoms with Crippen LogP contribution in [0, 0.1) is 10.5 Å². The summed E-state index contributed by atoms with van der Waals surface area (Å²) in [6.45, 7) is 7.71. The van der Waals surface area contributed by atoms with E-state index in [0.29, 0.717) is 16.2 Å². The van der Waals surface area contributed by atoms with Gasteiger partial charge in [-0.3, -0.25) is 9.36 Å². The highest BCUT2D eigenvalue weighted by molar-refractivity contribution is 14.1. The zero-order chi connectivity index (χ0) is 12.8. The van der Waals surface area contributed by atoms with Crippen LogP contribution in [0.15, 0.2) is 11.0 Å². The highest BCUT2D eigenvalue weighted by Crippen LogP contribution is 1.98. The van der Waals surface area contributed by atoms with Gasteiger partial charge in [0.2, 0.25) is 0 Å². The number of aromatic nitrogens is 2. The number of halogens is 1. The Labute approximate surface area is 116 Å². The predicted molar refractivity (Wildman–Crippen MR) is 78.3 cm³/mol. The average molecular weight is 349 g/mol. The van der Waals surface area contributed by atoms with E-state index in [-0.39, 0.29) is 5.56 Å². The minimum absolute atomic E-state index is 0.0584. The minimum atomic E-state index is 0.0584. The molecule has 5 heteroatoms. The van der Waals surface area contributed by atoms with Crippen molar-refractivity contribution in [1.29, 1.82) is 0 Å². The third-order valence-electron chi connectivity index (χ3n) is 2.75. The van der Waals surface area contributed by atoms with Crippen LogP contribution in [0.5, 0.6) is 0 Å². The molecule has 0 aliphatic heterocycles. The molecule has 96 valence electrons. The number of aryl methyl sites for hydroxylation is 1. The molecule has 0 amide bonds. The van der Waals surface area contributed by atoms with Gasteiger partial charge in [0.05, 0.1) is 3.57 Å². The van der Waals surface area contributed by atoms with Gasteiger partial charge in [0.25, 0.3) is 5.56 Å². The number of hydrogen-bond donors (Lipinski definition) is 1. The minimum Gasteiger partial charge on any atom is -0.312 e. The van der Waals surface area contributed by atoms with E-state index < -0.39 is 0 Å². The summed E-state index contributed by atoms with van der Waals surface area (Å²) in [6.07, 6.45) is 3.97. The molecule has 17 heavy (non-hydrogen) atoms. The fraction of sp³-hybridized carbons (Fsp3) is 0.667. The first-order valence-corrected chi connectivity index (χ1v) is 7.09.